The van der Waals surface area contributed by atoms with E-state index >= 15 is 0 Å². The molecule has 17 heteroatoms. The van der Waals surface area contributed by atoms with Crippen LogP contribution >= 0.6 is 7.82 Å². The maximum absolute atomic E-state index is 14.9. The van der Waals surface area contributed by atoms with Gasteiger partial charge >= 0.3 is 13.8 Å². The summed E-state index contributed by atoms with van der Waals surface area (Å²) in [5.74, 6) is -0.655. The SMILES string of the molecule is CC(=O)OC1O[C@H](COP(=O)(O)O[C@H]2O[C@H](COCc3ccccc3)[C@@H](O[Si](C)(C)C(C)(C)C)[C@H](OCc3ccccc3)[C@H]2OCc2ccccc2)[C@@H](OCc2ccccc2)[C@H](OCc2ccccc2)[C@@H]1OCc1ccccc1. The van der Waals surface area contributed by atoms with Gasteiger partial charge < -0.3 is 52.0 Å². The number of phosphoric acid groups is 1. The predicted molar refractivity (Wildman–Crippen MR) is 299 cm³/mol. The third-order valence-corrected chi connectivity index (χ3v) is 19.6. The van der Waals surface area contributed by atoms with Gasteiger partial charge in [-0.1, -0.05) is 203 Å². The van der Waals surface area contributed by atoms with Crippen molar-refractivity contribution in [1.29, 1.82) is 0 Å². The van der Waals surface area contributed by atoms with E-state index in [1.807, 2.05) is 182 Å². The molecule has 0 saturated carbocycles. The number of benzene rings is 6. The Bertz CT molecular complexity index is 2760. The van der Waals surface area contributed by atoms with Crippen LogP contribution in [0, 0.1) is 0 Å². The van der Waals surface area contributed by atoms with Crippen LogP contribution in [-0.4, -0.2) is 93.8 Å². The van der Waals surface area contributed by atoms with Crippen molar-refractivity contribution in [3.8, 4) is 0 Å². The lowest BCUT2D eigenvalue weighted by molar-refractivity contribution is -0.319. The molecule has 6 aromatic rings. The second-order valence-corrected chi connectivity index (χ2v) is 27.4. The summed E-state index contributed by atoms with van der Waals surface area (Å²) in [6, 6.07) is 57.6. The van der Waals surface area contributed by atoms with E-state index in [4.69, 9.17) is 56.1 Å². The van der Waals surface area contributed by atoms with E-state index in [2.05, 4.69) is 33.9 Å². The van der Waals surface area contributed by atoms with Gasteiger partial charge in [0.15, 0.2) is 14.6 Å². The molecular weight excluding hydrogens is 1040 g/mol. The summed E-state index contributed by atoms with van der Waals surface area (Å²) in [7, 11) is -7.83. The second kappa shape index (κ2) is 28.9. The molecule has 2 aliphatic heterocycles. The Morgan fingerprint density at radius 1 is 0.481 bits per heavy atom. The maximum atomic E-state index is 14.9. The van der Waals surface area contributed by atoms with E-state index in [1.54, 1.807) is 0 Å². The van der Waals surface area contributed by atoms with Crippen molar-refractivity contribution in [2.24, 2.45) is 0 Å². The van der Waals surface area contributed by atoms with Gasteiger partial charge in [-0.15, -0.1) is 0 Å². The van der Waals surface area contributed by atoms with Crippen LogP contribution in [0.25, 0.3) is 0 Å². The smallest absolute Gasteiger partial charge is 0.433 e. The fourth-order valence-corrected chi connectivity index (χ4v) is 11.1. The van der Waals surface area contributed by atoms with Crippen LogP contribution in [0.5, 0.6) is 0 Å². The monoisotopic (exact) mass is 1120 g/mol. The molecule has 0 amide bonds. The van der Waals surface area contributed by atoms with E-state index in [1.165, 1.54) is 6.92 Å². The lowest BCUT2D eigenvalue weighted by atomic mass is 9.98. The minimum absolute atomic E-state index is 0.00695. The van der Waals surface area contributed by atoms with Gasteiger partial charge in [0.1, 0.15) is 48.8 Å². The molecule has 0 bridgehead atoms. The summed E-state index contributed by atoms with van der Waals surface area (Å²) in [6.45, 7) is 12.1. The van der Waals surface area contributed by atoms with E-state index in [0.29, 0.717) is 0 Å². The number of hydrogen-bond acceptors (Lipinski definition) is 14. The zero-order valence-corrected chi connectivity index (χ0v) is 47.8. The Balaban J connectivity index is 1.12. The quantitative estimate of drug-likeness (QED) is 0.0294. The fraction of sp³-hybridized carbons (Fsp3) is 0.403. The maximum Gasteiger partial charge on any atom is 0.474 e. The molecule has 0 radical (unpaired) electrons. The number of esters is 1. The molecule has 422 valence electrons. The highest BCUT2D eigenvalue weighted by molar-refractivity contribution is 7.47. The van der Waals surface area contributed by atoms with Crippen LogP contribution in [0.1, 0.15) is 61.1 Å². The molecule has 79 heavy (non-hydrogen) atoms. The molecule has 2 unspecified atom stereocenters. The van der Waals surface area contributed by atoms with Crippen LogP contribution < -0.4 is 0 Å². The van der Waals surface area contributed by atoms with Gasteiger partial charge in [-0.05, 0) is 51.5 Å². The number of ether oxygens (including phenoxy) is 9. The first kappa shape index (κ1) is 59.9. The van der Waals surface area contributed by atoms with Crippen LogP contribution in [0.3, 0.4) is 0 Å². The Morgan fingerprint density at radius 3 is 1.20 bits per heavy atom. The van der Waals surface area contributed by atoms with Crippen molar-refractivity contribution < 1.29 is 70.4 Å². The summed E-state index contributed by atoms with van der Waals surface area (Å²) in [4.78, 5) is 25.0. The van der Waals surface area contributed by atoms with Crippen LogP contribution in [0.15, 0.2) is 182 Å². The van der Waals surface area contributed by atoms with Crippen molar-refractivity contribution in [3.63, 3.8) is 0 Å². The average Bonchev–Trinajstić information content (AvgIpc) is 3.56. The van der Waals surface area contributed by atoms with Crippen LogP contribution in [-0.2, 0) is 105 Å². The first-order valence-electron chi connectivity index (χ1n) is 26.8. The standard InChI is InChI=1S/C62H75O15PSi/c1-45(63)73-60-58(70-41-50-33-21-11-22-34-50)56(68-39-48-29-17-9-18-30-48)54(67-38-47-27-15-8-16-28-47)53(74-60)44-72-78(64,65)76-61-59(71-42-51-35-23-12-24-36-51)57(69-40-49-31-19-10-20-32-49)55(77-79(5,6)62(2,3)4)52(75-61)43-66-37-46-25-13-7-14-26-46/h7-36,52-61H,37-44H2,1-6H3,(H,64,65)/t52-,53-,54-,55-,56+,57+,58+,59-,60?,61-/m1/s1. The van der Waals surface area contributed by atoms with Gasteiger partial charge in [-0.2, -0.15) is 0 Å². The van der Waals surface area contributed by atoms with Gasteiger partial charge in [-0.3, -0.25) is 13.8 Å². The summed E-state index contributed by atoms with van der Waals surface area (Å²) in [5.41, 5.74) is 5.19. The lowest BCUT2D eigenvalue weighted by Crippen LogP contribution is -2.64. The molecule has 2 aliphatic rings. The highest BCUT2D eigenvalue weighted by Gasteiger charge is 2.55. The van der Waals surface area contributed by atoms with Crippen molar-refractivity contribution in [1.82, 2.24) is 0 Å². The van der Waals surface area contributed by atoms with Crippen molar-refractivity contribution in [3.05, 3.63) is 215 Å². The first-order valence-corrected chi connectivity index (χ1v) is 31.2. The Morgan fingerprint density at radius 2 is 0.810 bits per heavy atom. The predicted octanol–water partition coefficient (Wildman–Crippen LogP) is 11.7. The molecule has 6 aromatic carbocycles. The third-order valence-electron chi connectivity index (χ3n) is 14.2. The molecule has 1 N–H and O–H groups in total. The van der Waals surface area contributed by atoms with E-state index in [0.717, 1.165) is 33.4 Å². The molecule has 0 aromatic heterocycles. The molecule has 8 rings (SSSR count). The minimum Gasteiger partial charge on any atom is -0.433 e. The summed E-state index contributed by atoms with van der Waals surface area (Å²) >= 11 is 0. The van der Waals surface area contributed by atoms with Crippen molar-refractivity contribution in [2.45, 2.75) is 147 Å². The molecule has 0 aliphatic carbocycles. The van der Waals surface area contributed by atoms with Crippen molar-refractivity contribution >= 4 is 22.1 Å². The van der Waals surface area contributed by atoms with E-state index < -0.39 is 90.1 Å². The van der Waals surface area contributed by atoms with Gasteiger partial charge in [0.05, 0.1) is 52.9 Å². The van der Waals surface area contributed by atoms with Crippen LogP contribution in [0.4, 0.5) is 0 Å². The molecular formula is C62H75O15PSi. The third kappa shape index (κ3) is 17.9. The molecule has 0 spiro atoms. The van der Waals surface area contributed by atoms with Gasteiger partial charge in [0.2, 0.25) is 6.29 Å². The average molecular weight is 1120 g/mol. The molecule has 15 nitrogen and oxygen atoms in total. The highest BCUT2D eigenvalue weighted by Crippen LogP contribution is 2.49. The largest absolute Gasteiger partial charge is 0.474 e. The number of carbonyl (C=O) groups excluding carboxylic acids is 1. The van der Waals surface area contributed by atoms with Gasteiger partial charge in [-0.25, -0.2) is 4.57 Å². The summed E-state index contributed by atoms with van der Waals surface area (Å²) in [6.07, 6.45) is -11.1. The number of carbonyl (C=O) groups is 1. The lowest BCUT2D eigenvalue weighted by Gasteiger charge is -2.49. The van der Waals surface area contributed by atoms with E-state index in [-0.39, 0.29) is 51.3 Å². The molecule has 2 heterocycles. The number of phosphoric ester groups is 1. The highest BCUT2D eigenvalue weighted by atomic mass is 31.2. The van der Waals surface area contributed by atoms with Crippen LogP contribution in [0.2, 0.25) is 18.1 Å². The molecule has 2 fully saturated rings. The summed E-state index contributed by atoms with van der Waals surface area (Å²) in [5, 5.41) is -0.243. The van der Waals surface area contributed by atoms with Gasteiger partial charge in [0, 0.05) is 6.92 Å². The Hall–Kier alpha value is -5.24. The number of hydrogen-bond donors (Lipinski definition) is 1. The second-order valence-electron chi connectivity index (χ2n) is 21.2. The normalized spacial score (nSPS) is 24.3. The summed E-state index contributed by atoms with van der Waals surface area (Å²) < 4.78 is 93.7. The molecule has 11 atom stereocenters. The first-order chi connectivity index (χ1) is 38.1. The zero-order valence-electron chi connectivity index (χ0n) is 45.9. The van der Waals surface area contributed by atoms with E-state index in [9.17, 15) is 14.3 Å². The molecule has 2 saturated heterocycles. The minimum atomic E-state index is -5.20. The Labute approximate surface area is 466 Å². The fourth-order valence-electron chi connectivity index (χ4n) is 8.99. The van der Waals surface area contributed by atoms with Gasteiger partial charge in [0.25, 0.3) is 0 Å². The topological polar surface area (TPSA) is 165 Å². The zero-order chi connectivity index (χ0) is 55.7. The Kier molecular flexibility index (Phi) is 21.9. The number of rotatable bonds is 27. The van der Waals surface area contributed by atoms with Crippen molar-refractivity contribution in [2.75, 3.05) is 13.2 Å².